The lowest BCUT2D eigenvalue weighted by atomic mass is 9.96. The molecule has 7 heteroatoms. The molecule has 1 aliphatic rings. The fourth-order valence-electron chi connectivity index (χ4n) is 2.93. The van der Waals surface area contributed by atoms with Crippen LogP contribution in [0.5, 0.6) is 0 Å². The van der Waals surface area contributed by atoms with Gasteiger partial charge in [-0.2, -0.15) is 0 Å². The molecule has 2 aromatic rings. The van der Waals surface area contributed by atoms with Crippen LogP contribution in [0.1, 0.15) is 31.8 Å². The Balaban J connectivity index is 1.80. The minimum atomic E-state index is -3.24. The quantitative estimate of drug-likeness (QED) is 0.898. The molecule has 2 aromatic carbocycles. The van der Waals surface area contributed by atoms with E-state index < -0.39 is 15.8 Å². The zero-order valence-corrected chi connectivity index (χ0v) is 14.4. The number of rotatable bonds is 4. The standard InChI is InChI=1S/C18H17NO5S/c1-25(23,24)15-5-2-12(3-6-15)9-19-10-14-8-13(18(21)22)4-7-16(14)17(20)11-19/h2-8H,9-11H2,1H3,(H,21,22). The van der Waals surface area contributed by atoms with E-state index >= 15 is 0 Å². The normalized spacial score (nSPS) is 15.0. The molecule has 0 aromatic heterocycles. The summed E-state index contributed by atoms with van der Waals surface area (Å²) in [7, 11) is -3.24. The van der Waals surface area contributed by atoms with Gasteiger partial charge in [0.05, 0.1) is 17.0 Å². The molecular weight excluding hydrogens is 342 g/mol. The average molecular weight is 359 g/mol. The van der Waals surface area contributed by atoms with Gasteiger partial charge in [-0.25, -0.2) is 13.2 Å². The number of nitrogens with zero attached hydrogens (tertiary/aromatic N) is 1. The van der Waals surface area contributed by atoms with Gasteiger partial charge in [0, 0.05) is 24.9 Å². The minimum Gasteiger partial charge on any atom is -0.478 e. The number of benzene rings is 2. The van der Waals surface area contributed by atoms with Crippen LogP contribution in [0.3, 0.4) is 0 Å². The van der Waals surface area contributed by atoms with Gasteiger partial charge in [0.2, 0.25) is 0 Å². The largest absolute Gasteiger partial charge is 0.478 e. The molecule has 0 aliphatic carbocycles. The SMILES string of the molecule is CS(=O)(=O)c1ccc(CN2CC(=O)c3ccc(C(=O)O)cc3C2)cc1. The lowest BCUT2D eigenvalue weighted by Gasteiger charge is -2.28. The zero-order chi connectivity index (χ0) is 18.2. The van der Waals surface area contributed by atoms with Crippen LogP contribution in [0.15, 0.2) is 47.4 Å². The Bertz CT molecular complexity index is 948. The summed E-state index contributed by atoms with van der Waals surface area (Å²) in [4.78, 5) is 25.6. The number of hydrogen-bond acceptors (Lipinski definition) is 5. The van der Waals surface area contributed by atoms with Gasteiger partial charge in [-0.05, 0) is 35.4 Å². The minimum absolute atomic E-state index is 0.0501. The smallest absolute Gasteiger partial charge is 0.335 e. The fraction of sp³-hybridized carbons (Fsp3) is 0.222. The molecule has 0 saturated heterocycles. The average Bonchev–Trinajstić information content (AvgIpc) is 2.54. The van der Waals surface area contributed by atoms with Gasteiger partial charge in [-0.1, -0.05) is 18.2 Å². The van der Waals surface area contributed by atoms with E-state index in [9.17, 15) is 18.0 Å². The maximum Gasteiger partial charge on any atom is 0.335 e. The van der Waals surface area contributed by atoms with Crippen LogP contribution in [0.25, 0.3) is 0 Å². The van der Waals surface area contributed by atoms with Crippen LogP contribution in [-0.4, -0.2) is 43.0 Å². The molecule has 0 saturated carbocycles. The first kappa shape index (κ1) is 17.3. The summed E-state index contributed by atoms with van der Waals surface area (Å²) in [6.45, 7) is 1.19. The topological polar surface area (TPSA) is 91.8 Å². The first-order valence-corrected chi connectivity index (χ1v) is 9.54. The van der Waals surface area contributed by atoms with Gasteiger partial charge in [-0.15, -0.1) is 0 Å². The Labute approximate surface area is 145 Å². The third kappa shape index (κ3) is 3.78. The van der Waals surface area contributed by atoms with Gasteiger partial charge in [0.15, 0.2) is 15.6 Å². The number of carboxylic acid groups (broad SMARTS) is 1. The molecule has 0 spiro atoms. The highest BCUT2D eigenvalue weighted by Gasteiger charge is 2.24. The summed E-state index contributed by atoms with van der Waals surface area (Å²) in [5, 5.41) is 9.10. The van der Waals surface area contributed by atoms with Crippen molar-refractivity contribution in [2.24, 2.45) is 0 Å². The summed E-state index contributed by atoms with van der Waals surface area (Å²) in [5.74, 6) is -1.07. The molecule has 0 amide bonds. The molecule has 0 fully saturated rings. The van der Waals surface area contributed by atoms with Gasteiger partial charge in [0.1, 0.15) is 0 Å². The predicted octanol–water partition coefficient (Wildman–Crippen LogP) is 1.99. The van der Waals surface area contributed by atoms with Crippen molar-refractivity contribution in [2.45, 2.75) is 18.0 Å². The van der Waals surface area contributed by atoms with E-state index in [4.69, 9.17) is 5.11 Å². The Morgan fingerprint density at radius 2 is 1.80 bits per heavy atom. The zero-order valence-electron chi connectivity index (χ0n) is 13.6. The van der Waals surface area contributed by atoms with E-state index in [1.165, 1.54) is 12.1 Å². The maximum atomic E-state index is 12.3. The molecule has 0 radical (unpaired) electrons. The Morgan fingerprint density at radius 1 is 1.12 bits per heavy atom. The summed E-state index contributed by atoms with van der Waals surface area (Å²) in [6, 6.07) is 11.1. The highest BCUT2D eigenvalue weighted by atomic mass is 32.2. The van der Waals surface area contributed by atoms with Crippen LogP contribution in [0.4, 0.5) is 0 Å². The first-order chi connectivity index (χ1) is 11.7. The number of hydrogen-bond donors (Lipinski definition) is 1. The highest BCUT2D eigenvalue weighted by molar-refractivity contribution is 7.90. The highest BCUT2D eigenvalue weighted by Crippen LogP contribution is 2.22. The number of fused-ring (bicyclic) bond motifs is 1. The molecule has 130 valence electrons. The van der Waals surface area contributed by atoms with Crippen molar-refractivity contribution < 1.29 is 23.1 Å². The number of carbonyl (C=O) groups excluding carboxylic acids is 1. The van der Waals surface area contributed by atoms with Crippen LogP contribution in [0, 0.1) is 0 Å². The predicted molar refractivity (Wildman–Crippen MR) is 91.4 cm³/mol. The lowest BCUT2D eigenvalue weighted by molar-refractivity contribution is 0.0695. The van der Waals surface area contributed by atoms with E-state index in [2.05, 4.69) is 0 Å². The second-order valence-electron chi connectivity index (χ2n) is 6.16. The van der Waals surface area contributed by atoms with Crippen molar-refractivity contribution in [3.63, 3.8) is 0 Å². The summed E-state index contributed by atoms with van der Waals surface area (Å²) < 4.78 is 23.0. The monoisotopic (exact) mass is 359 g/mol. The second-order valence-corrected chi connectivity index (χ2v) is 8.18. The molecule has 3 rings (SSSR count). The van der Waals surface area contributed by atoms with Gasteiger partial charge in [0.25, 0.3) is 0 Å². The molecule has 1 N–H and O–H groups in total. The van der Waals surface area contributed by atoms with Crippen LogP contribution < -0.4 is 0 Å². The van der Waals surface area contributed by atoms with Crippen molar-refractivity contribution in [2.75, 3.05) is 12.8 Å². The van der Waals surface area contributed by atoms with E-state index in [1.807, 2.05) is 4.90 Å². The number of carbonyl (C=O) groups is 2. The number of aromatic carboxylic acids is 1. The summed E-state index contributed by atoms with van der Waals surface area (Å²) in [6.07, 6.45) is 1.16. The summed E-state index contributed by atoms with van der Waals surface area (Å²) >= 11 is 0. The van der Waals surface area contributed by atoms with Gasteiger partial charge in [-0.3, -0.25) is 9.69 Å². The van der Waals surface area contributed by atoms with Crippen molar-refractivity contribution in [3.05, 3.63) is 64.7 Å². The molecule has 1 heterocycles. The van der Waals surface area contributed by atoms with Gasteiger partial charge >= 0.3 is 5.97 Å². The third-order valence-corrected chi connectivity index (χ3v) is 5.30. The summed E-state index contributed by atoms with van der Waals surface area (Å²) in [5.41, 5.74) is 2.31. The molecule has 0 unspecified atom stereocenters. The van der Waals surface area contributed by atoms with E-state index in [-0.39, 0.29) is 22.8 Å². The molecule has 0 bridgehead atoms. The molecule has 25 heavy (non-hydrogen) atoms. The second kappa shape index (κ2) is 6.42. The van der Waals surface area contributed by atoms with E-state index in [0.717, 1.165) is 11.8 Å². The van der Waals surface area contributed by atoms with Crippen LogP contribution in [-0.2, 0) is 22.9 Å². The van der Waals surface area contributed by atoms with Crippen LogP contribution in [0.2, 0.25) is 0 Å². The maximum absolute atomic E-state index is 12.3. The fourth-order valence-corrected chi connectivity index (χ4v) is 3.56. The molecule has 6 nitrogen and oxygen atoms in total. The van der Waals surface area contributed by atoms with Crippen LogP contribution >= 0.6 is 0 Å². The number of carboxylic acids is 1. The lowest BCUT2D eigenvalue weighted by Crippen LogP contribution is -2.34. The molecular formula is C18H17NO5S. The van der Waals surface area contributed by atoms with Crippen molar-refractivity contribution in [1.82, 2.24) is 4.90 Å². The van der Waals surface area contributed by atoms with E-state index in [1.54, 1.807) is 30.3 Å². The molecule has 0 atom stereocenters. The third-order valence-electron chi connectivity index (χ3n) is 4.17. The first-order valence-electron chi connectivity index (χ1n) is 7.65. The number of Topliss-reactive ketones (excluding diaryl/α,β-unsaturated/α-hetero) is 1. The van der Waals surface area contributed by atoms with Crippen molar-refractivity contribution in [1.29, 1.82) is 0 Å². The van der Waals surface area contributed by atoms with E-state index in [0.29, 0.717) is 24.2 Å². The number of ketones is 1. The Kier molecular flexibility index (Phi) is 4.45. The Morgan fingerprint density at radius 3 is 2.40 bits per heavy atom. The number of sulfone groups is 1. The van der Waals surface area contributed by atoms with Crippen molar-refractivity contribution in [3.8, 4) is 0 Å². The Hall–Kier alpha value is -2.51. The van der Waals surface area contributed by atoms with Crippen molar-refractivity contribution >= 4 is 21.6 Å². The molecule has 1 aliphatic heterocycles. The van der Waals surface area contributed by atoms with Gasteiger partial charge < -0.3 is 5.11 Å².